The molecule has 0 radical (unpaired) electrons. The smallest absolute Gasteiger partial charge is 0.387 e. The van der Waals surface area contributed by atoms with Gasteiger partial charge in [0.25, 0.3) is 0 Å². The number of allylic oxidation sites excluding steroid dienone is 1. The molecule has 0 saturated carbocycles. The fourth-order valence-corrected chi connectivity index (χ4v) is 4.70. The number of nitrogens with zero attached hydrogens (tertiary/aromatic N) is 3. The van der Waals surface area contributed by atoms with Crippen molar-refractivity contribution >= 4 is 40.0 Å². The maximum atomic E-state index is 12.6. The Kier molecular flexibility index (Phi) is 8.77. The van der Waals surface area contributed by atoms with Crippen LogP contribution in [0.2, 0.25) is 0 Å². The zero-order valence-electron chi connectivity index (χ0n) is 18.4. The zero-order valence-corrected chi connectivity index (χ0v) is 20.0. The SMILES string of the molecule is C=CCn1c(SCC(=O)Nc2sc(CC)cc2C(=O)OC)nnc1-c1ccc(OC(F)F)cc1. The molecule has 2 aromatic heterocycles. The highest BCUT2D eigenvalue weighted by atomic mass is 32.2. The first-order chi connectivity index (χ1) is 16.4. The van der Waals surface area contributed by atoms with Gasteiger partial charge in [-0.05, 0) is 36.8 Å². The third-order valence-electron chi connectivity index (χ3n) is 4.49. The first-order valence-electron chi connectivity index (χ1n) is 10.1. The van der Waals surface area contributed by atoms with Crippen molar-refractivity contribution < 1.29 is 27.8 Å². The Hall–Kier alpha value is -3.25. The van der Waals surface area contributed by atoms with Crippen LogP contribution in [0.4, 0.5) is 13.8 Å². The molecule has 12 heteroatoms. The van der Waals surface area contributed by atoms with E-state index in [4.69, 9.17) is 4.74 Å². The van der Waals surface area contributed by atoms with Gasteiger partial charge in [-0.15, -0.1) is 28.1 Å². The lowest BCUT2D eigenvalue weighted by Gasteiger charge is -2.09. The third kappa shape index (κ3) is 6.20. The molecule has 0 fully saturated rings. The lowest BCUT2D eigenvalue weighted by atomic mass is 10.2. The number of ether oxygens (including phenoxy) is 2. The van der Waals surface area contributed by atoms with Crippen LogP contribution in [0.15, 0.2) is 48.1 Å². The number of esters is 1. The minimum atomic E-state index is -2.91. The van der Waals surface area contributed by atoms with Gasteiger partial charge in [0.2, 0.25) is 5.91 Å². The van der Waals surface area contributed by atoms with Gasteiger partial charge >= 0.3 is 12.6 Å². The van der Waals surface area contributed by atoms with E-state index in [1.807, 2.05) is 6.92 Å². The van der Waals surface area contributed by atoms with Crippen LogP contribution < -0.4 is 10.1 Å². The summed E-state index contributed by atoms with van der Waals surface area (Å²) >= 11 is 2.49. The highest BCUT2D eigenvalue weighted by molar-refractivity contribution is 7.99. The highest BCUT2D eigenvalue weighted by Gasteiger charge is 2.20. The summed E-state index contributed by atoms with van der Waals surface area (Å²) in [5.74, 6) is -0.283. The molecule has 0 bridgehead atoms. The average molecular weight is 509 g/mol. The van der Waals surface area contributed by atoms with Gasteiger partial charge in [0.05, 0.1) is 18.4 Å². The van der Waals surface area contributed by atoms with Crippen LogP contribution in [-0.2, 0) is 22.5 Å². The number of aromatic nitrogens is 3. The number of thiophene rings is 1. The zero-order chi connectivity index (χ0) is 24.7. The van der Waals surface area contributed by atoms with Gasteiger partial charge in [0, 0.05) is 17.0 Å². The van der Waals surface area contributed by atoms with E-state index in [0.29, 0.717) is 33.7 Å². The van der Waals surface area contributed by atoms with Gasteiger partial charge in [-0.3, -0.25) is 9.36 Å². The average Bonchev–Trinajstić information content (AvgIpc) is 3.41. The van der Waals surface area contributed by atoms with E-state index in [0.717, 1.165) is 11.3 Å². The number of aryl methyl sites for hydroxylation is 1. The predicted octanol–water partition coefficient (Wildman–Crippen LogP) is 4.87. The summed E-state index contributed by atoms with van der Waals surface area (Å²) < 4.78 is 35.7. The normalized spacial score (nSPS) is 10.9. The standard InChI is InChI=1S/C22H22F2N4O4S2/c1-4-10-28-18(13-6-8-14(9-7-13)32-21(23)24)26-27-22(28)33-12-17(29)25-19-16(20(30)31-3)11-15(5-2)34-19/h4,6-9,11,21H,1,5,10,12H2,2-3H3,(H,25,29). The third-order valence-corrected chi connectivity index (χ3v) is 6.65. The monoisotopic (exact) mass is 508 g/mol. The number of hydrogen-bond acceptors (Lipinski definition) is 8. The Balaban J connectivity index is 1.72. The number of benzene rings is 1. The van der Waals surface area contributed by atoms with Crippen LogP contribution in [-0.4, -0.2) is 46.1 Å². The molecule has 0 atom stereocenters. The number of alkyl halides is 2. The maximum absolute atomic E-state index is 12.6. The first-order valence-corrected chi connectivity index (χ1v) is 11.9. The molecule has 1 amide bonds. The van der Waals surface area contributed by atoms with E-state index >= 15 is 0 Å². The van der Waals surface area contributed by atoms with E-state index < -0.39 is 12.6 Å². The summed E-state index contributed by atoms with van der Waals surface area (Å²) in [5, 5.41) is 12.0. The highest BCUT2D eigenvalue weighted by Crippen LogP contribution is 2.30. The van der Waals surface area contributed by atoms with E-state index in [1.165, 1.54) is 42.3 Å². The number of hydrogen-bond donors (Lipinski definition) is 1. The molecule has 3 aromatic rings. The minimum absolute atomic E-state index is 0.0242. The fraction of sp³-hybridized carbons (Fsp3) is 0.273. The second-order valence-electron chi connectivity index (χ2n) is 6.75. The Morgan fingerprint density at radius 1 is 1.29 bits per heavy atom. The van der Waals surface area contributed by atoms with Crippen molar-refractivity contribution in [3.63, 3.8) is 0 Å². The number of nitrogens with one attached hydrogen (secondary N) is 1. The van der Waals surface area contributed by atoms with Crippen molar-refractivity contribution in [2.45, 2.75) is 31.7 Å². The molecule has 8 nitrogen and oxygen atoms in total. The van der Waals surface area contributed by atoms with Gasteiger partial charge in [0.1, 0.15) is 10.8 Å². The number of carbonyl (C=O) groups excluding carboxylic acids is 2. The van der Waals surface area contributed by atoms with E-state index in [2.05, 4.69) is 26.8 Å². The van der Waals surface area contributed by atoms with Crippen LogP contribution in [0, 0.1) is 0 Å². The number of amides is 1. The number of anilines is 1. The lowest BCUT2D eigenvalue weighted by Crippen LogP contribution is -2.16. The van der Waals surface area contributed by atoms with Crippen LogP contribution >= 0.6 is 23.1 Å². The van der Waals surface area contributed by atoms with E-state index in [9.17, 15) is 18.4 Å². The van der Waals surface area contributed by atoms with E-state index in [1.54, 1.807) is 28.8 Å². The van der Waals surface area contributed by atoms with Crippen molar-refractivity contribution in [2.24, 2.45) is 0 Å². The van der Waals surface area contributed by atoms with Crippen molar-refractivity contribution in [3.8, 4) is 17.1 Å². The van der Waals surface area contributed by atoms with Crippen LogP contribution in [0.3, 0.4) is 0 Å². The molecule has 1 aromatic carbocycles. The van der Waals surface area contributed by atoms with Crippen LogP contribution in [0.1, 0.15) is 22.2 Å². The Morgan fingerprint density at radius 3 is 2.65 bits per heavy atom. The molecule has 3 rings (SSSR count). The predicted molar refractivity (Wildman–Crippen MR) is 127 cm³/mol. The number of carbonyl (C=O) groups is 2. The summed E-state index contributed by atoms with van der Waals surface area (Å²) in [6.45, 7) is 3.17. The Morgan fingerprint density at radius 2 is 2.03 bits per heavy atom. The van der Waals surface area contributed by atoms with Crippen molar-refractivity contribution in [3.05, 3.63) is 53.4 Å². The first kappa shape index (κ1) is 25.4. The molecule has 0 spiro atoms. The molecule has 0 aliphatic rings. The lowest BCUT2D eigenvalue weighted by molar-refractivity contribution is -0.113. The molecule has 1 N–H and O–H groups in total. The molecule has 0 aliphatic carbocycles. The molecular weight excluding hydrogens is 486 g/mol. The van der Waals surface area contributed by atoms with Gasteiger partial charge in [-0.2, -0.15) is 8.78 Å². The molecule has 34 heavy (non-hydrogen) atoms. The van der Waals surface area contributed by atoms with Gasteiger partial charge in [0.15, 0.2) is 11.0 Å². The molecule has 180 valence electrons. The topological polar surface area (TPSA) is 95.3 Å². The number of thioether (sulfide) groups is 1. The fourth-order valence-electron chi connectivity index (χ4n) is 2.95. The number of methoxy groups -OCH3 is 1. The van der Waals surface area contributed by atoms with Crippen molar-refractivity contribution in [1.82, 2.24) is 14.8 Å². The largest absolute Gasteiger partial charge is 0.465 e. The van der Waals surface area contributed by atoms with Gasteiger partial charge in [-0.1, -0.05) is 24.8 Å². The maximum Gasteiger partial charge on any atom is 0.387 e. The number of halogens is 2. The molecule has 2 heterocycles. The Bertz CT molecular complexity index is 1160. The second-order valence-corrected chi connectivity index (χ2v) is 8.83. The Labute approximate surface area is 203 Å². The molecular formula is C22H22F2N4O4S2. The van der Waals surface area contributed by atoms with Crippen LogP contribution in [0.5, 0.6) is 5.75 Å². The minimum Gasteiger partial charge on any atom is -0.465 e. The molecule has 0 aliphatic heterocycles. The van der Waals surface area contributed by atoms with Crippen molar-refractivity contribution in [1.29, 1.82) is 0 Å². The van der Waals surface area contributed by atoms with E-state index in [-0.39, 0.29) is 17.4 Å². The van der Waals surface area contributed by atoms with Gasteiger partial charge < -0.3 is 14.8 Å². The summed E-state index contributed by atoms with van der Waals surface area (Å²) in [4.78, 5) is 25.5. The van der Waals surface area contributed by atoms with Crippen LogP contribution in [0.25, 0.3) is 11.4 Å². The molecule has 0 saturated heterocycles. The summed E-state index contributed by atoms with van der Waals surface area (Å²) in [6.07, 6.45) is 2.38. The molecule has 0 unspecified atom stereocenters. The van der Waals surface area contributed by atoms with Gasteiger partial charge in [-0.25, -0.2) is 4.79 Å². The summed E-state index contributed by atoms with van der Waals surface area (Å²) in [5.41, 5.74) is 0.958. The summed E-state index contributed by atoms with van der Waals surface area (Å²) in [6, 6.07) is 7.74. The second kappa shape index (κ2) is 11.7. The quantitative estimate of drug-likeness (QED) is 0.224. The number of rotatable bonds is 11. The summed E-state index contributed by atoms with van der Waals surface area (Å²) in [7, 11) is 1.29. The van der Waals surface area contributed by atoms with Crippen molar-refractivity contribution in [2.75, 3.05) is 18.2 Å².